The van der Waals surface area contributed by atoms with E-state index in [0.29, 0.717) is 17.2 Å². The molecule has 0 aliphatic heterocycles. The summed E-state index contributed by atoms with van der Waals surface area (Å²) in [4.78, 5) is 22.7. The standard InChI is InChI=1S/C22H13F7O5.C15H9BrF4O3.C7H5F3O2/c23-18-15(21(24,25)26)10-16(32-11-12-4-2-1-3-5-12)19(17(18)20(30)31)33-13-6-8-14(9-7-13)34-22(27,28)29;16-12-10(23-7-8-4-2-1-3-5-8)6-9(15(18,19)20)13(17)11(12)14(21)22;8-7(9,10)12-6-3-1-5(11)2-4-6/h1-10H,11H2,(H,30,31);1-6H,7H2,(H,21,22);1-4,11H. The maximum Gasteiger partial charge on any atom is 0.573 e. The lowest BCUT2D eigenvalue weighted by Gasteiger charge is -2.19. The first-order valence-corrected chi connectivity index (χ1v) is 19.2. The van der Waals surface area contributed by atoms with E-state index >= 15 is 0 Å². The smallest absolute Gasteiger partial charge is 0.508 e. The van der Waals surface area contributed by atoms with Crippen LogP contribution in [-0.2, 0) is 25.6 Å². The topological polar surface area (TPSA) is 141 Å². The van der Waals surface area contributed by atoms with Gasteiger partial charge in [0.05, 0.1) is 15.6 Å². The van der Waals surface area contributed by atoms with Gasteiger partial charge in [-0.1, -0.05) is 60.7 Å². The molecule has 0 aliphatic carbocycles. The molecule has 6 aromatic carbocycles. The predicted molar refractivity (Wildman–Crippen MR) is 214 cm³/mol. The molecule has 10 nitrogen and oxygen atoms in total. The summed E-state index contributed by atoms with van der Waals surface area (Å²) in [6.45, 7) is -0.418. The van der Waals surface area contributed by atoms with Crippen molar-refractivity contribution in [1.82, 2.24) is 0 Å². The largest absolute Gasteiger partial charge is 0.573 e. The molecular formula is C44H27BrF14O10. The maximum absolute atomic E-state index is 14.6. The van der Waals surface area contributed by atoms with Crippen molar-refractivity contribution in [3.05, 3.63) is 171 Å². The number of carbonyl (C=O) groups is 2. The molecule has 0 bridgehead atoms. The Morgan fingerprint density at radius 2 is 0.870 bits per heavy atom. The lowest BCUT2D eigenvalue weighted by atomic mass is 10.1. The van der Waals surface area contributed by atoms with Crippen molar-refractivity contribution in [2.45, 2.75) is 38.3 Å². The van der Waals surface area contributed by atoms with Gasteiger partial charge in [-0.2, -0.15) is 26.3 Å². The van der Waals surface area contributed by atoms with Gasteiger partial charge in [-0.3, -0.25) is 0 Å². The van der Waals surface area contributed by atoms with Gasteiger partial charge in [-0.05, 0) is 87.7 Å². The zero-order valence-corrected chi connectivity index (χ0v) is 35.4. The van der Waals surface area contributed by atoms with Crippen LogP contribution in [-0.4, -0.2) is 40.0 Å². The van der Waals surface area contributed by atoms with Gasteiger partial charge in [0.1, 0.15) is 53.1 Å². The molecule has 0 heterocycles. The number of phenolic OH excluding ortho intramolecular Hbond substituents is 1. The Morgan fingerprint density at radius 3 is 1.26 bits per heavy atom. The molecular weight excluding hydrogens is 1030 g/mol. The van der Waals surface area contributed by atoms with Crippen LogP contribution in [0, 0.1) is 11.6 Å². The second kappa shape index (κ2) is 22.6. The average molecular weight is 1060 g/mol. The van der Waals surface area contributed by atoms with E-state index in [-0.39, 0.29) is 41.0 Å². The predicted octanol–water partition coefficient (Wildman–Crippen LogP) is 14.0. The Hall–Kier alpha value is -7.44. The molecule has 0 atom stereocenters. The van der Waals surface area contributed by atoms with Crippen molar-refractivity contribution in [3.8, 4) is 40.2 Å². The number of alkyl halides is 12. The zero-order valence-electron chi connectivity index (χ0n) is 33.8. The van der Waals surface area contributed by atoms with Crippen LogP contribution >= 0.6 is 15.9 Å². The fourth-order valence-electron chi connectivity index (χ4n) is 5.28. The maximum atomic E-state index is 14.6. The lowest BCUT2D eigenvalue weighted by molar-refractivity contribution is -0.275. The van der Waals surface area contributed by atoms with Crippen LogP contribution in [0.2, 0.25) is 0 Å². The van der Waals surface area contributed by atoms with Gasteiger partial charge < -0.3 is 39.0 Å². The van der Waals surface area contributed by atoms with E-state index in [9.17, 15) is 76.2 Å². The highest BCUT2D eigenvalue weighted by Gasteiger charge is 2.41. The van der Waals surface area contributed by atoms with E-state index in [0.717, 1.165) is 48.5 Å². The number of benzene rings is 6. The summed E-state index contributed by atoms with van der Waals surface area (Å²) >= 11 is 2.79. The van der Waals surface area contributed by atoms with Crippen LogP contribution in [0.5, 0.6) is 40.2 Å². The highest BCUT2D eigenvalue weighted by Crippen LogP contribution is 2.45. The molecule has 3 N–H and O–H groups in total. The Morgan fingerprint density at radius 1 is 0.507 bits per heavy atom. The number of carboxylic acid groups (broad SMARTS) is 2. The number of phenols is 1. The third-order valence-electron chi connectivity index (χ3n) is 8.21. The monoisotopic (exact) mass is 1060 g/mol. The van der Waals surface area contributed by atoms with Crippen molar-refractivity contribution < 1.29 is 110 Å². The number of ether oxygens (including phenoxy) is 5. The summed E-state index contributed by atoms with van der Waals surface area (Å²) in [7, 11) is 0. The summed E-state index contributed by atoms with van der Waals surface area (Å²) < 4.78 is 201. The molecule has 0 radical (unpaired) electrons. The Balaban J connectivity index is 0.000000254. The second-order valence-corrected chi connectivity index (χ2v) is 14.0. The number of rotatable bonds is 12. The van der Waals surface area contributed by atoms with Gasteiger partial charge in [0.25, 0.3) is 0 Å². The zero-order chi connectivity index (χ0) is 51.5. The van der Waals surface area contributed by atoms with Crippen molar-refractivity contribution >= 4 is 27.9 Å². The highest BCUT2D eigenvalue weighted by atomic mass is 79.9. The van der Waals surface area contributed by atoms with Gasteiger partial charge in [0.2, 0.25) is 0 Å². The van der Waals surface area contributed by atoms with Crippen molar-refractivity contribution in [3.63, 3.8) is 0 Å². The molecule has 0 fully saturated rings. The summed E-state index contributed by atoms with van der Waals surface area (Å²) in [5.74, 6) is -11.3. The third kappa shape index (κ3) is 16.4. The van der Waals surface area contributed by atoms with Gasteiger partial charge in [0.15, 0.2) is 23.1 Å². The van der Waals surface area contributed by atoms with Crippen LogP contribution < -0.4 is 23.7 Å². The average Bonchev–Trinajstić information content (AvgIpc) is 3.24. The van der Waals surface area contributed by atoms with E-state index in [1.54, 1.807) is 60.7 Å². The molecule has 6 rings (SSSR count). The highest BCUT2D eigenvalue weighted by molar-refractivity contribution is 9.10. The number of aromatic carboxylic acids is 2. The van der Waals surface area contributed by atoms with Crippen molar-refractivity contribution in [2.75, 3.05) is 0 Å². The fraction of sp³-hybridized carbons (Fsp3) is 0.136. The molecule has 0 saturated heterocycles. The number of hydrogen-bond donors (Lipinski definition) is 3. The Kier molecular flexibility index (Phi) is 17.7. The van der Waals surface area contributed by atoms with Crippen molar-refractivity contribution in [1.29, 1.82) is 0 Å². The minimum atomic E-state index is -5.26. The number of halogens is 15. The van der Waals surface area contributed by atoms with Gasteiger partial charge in [-0.15, -0.1) is 26.3 Å². The molecule has 0 amide bonds. The van der Waals surface area contributed by atoms with E-state index in [2.05, 4.69) is 25.4 Å². The number of aromatic hydroxyl groups is 1. The summed E-state index contributed by atoms with van der Waals surface area (Å²) in [5.41, 5.74) is -5.02. The first kappa shape index (κ1) is 54.2. The normalized spacial score (nSPS) is 11.5. The molecule has 0 aromatic heterocycles. The molecule has 6 aromatic rings. The number of carboxylic acids is 2. The van der Waals surface area contributed by atoms with Gasteiger partial charge >= 0.3 is 37.0 Å². The van der Waals surface area contributed by atoms with Crippen LogP contribution in [0.15, 0.2) is 126 Å². The van der Waals surface area contributed by atoms with Crippen LogP contribution in [0.1, 0.15) is 43.0 Å². The molecule has 0 unspecified atom stereocenters. The van der Waals surface area contributed by atoms with E-state index < -0.39 is 93.9 Å². The van der Waals surface area contributed by atoms with Gasteiger partial charge in [-0.25, -0.2) is 18.4 Å². The van der Waals surface area contributed by atoms with Crippen LogP contribution in [0.25, 0.3) is 0 Å². The molecule has 0 saturated carbocycles. The molecule has 69 heavy (non-hydrogen) atoms. The SMILES string of the molecule is O=C(O)c1c(F)c(C(F)(F)F)cc(OCc2ccccc2)c1Br.O=C(O)c1c(F)c(C(F)(F)F)cc(OCc2ccccc2)c1Oc1ccc(OC(F)(F)F)cc1.Oc1ccc(OC(F)(F)F)cc1. The van der Waals surface area contributed by atoms with Crippen LogP contribution in [0.3, 0.4) is 0 Å². The molecule has 0 aliphatic rings. The lowest BCUT2D eigenvalue weighted by Crippen LogP contribution is -2.17. The van der Waals surface area contributed by atoms with E-state index in [4.69, 9.17) is 24.4 Å². The summed E-state index contributed by atoms with van der Waals surface area (Å²) in [6.07, 6.45) is -20.0. The summed E-state index contributed by atoms with van der Waals surface area (Å²) in [5, 5.41) is 27.1. The van der Waals surface area contributed by atoms with Crippen molar-refractivity contribution in [2.24, 2.45) is 0 Å². The first-order valence-electron chi connectivity index (χ1n) is 18.5. The second-order valence-electron chi connectivity index (χ2n) is 13.2. The van der Waals surface area contributed by atoms with Crippen LogP contribution in [0.4, 0.5) is 61.5 Å². The first-order chi connectivity index (χ1) is 32.0. The quantitative estimate of drug-likeness (QED) is 0.101. The van der Waals surface area contributed by atoms with Gasteiger partial charge in [0, 0.05) is 0 Å². The van der Waals surface area contributed by atoms with E-state index in [1.165, 1.54) is 0 Å². The van der Waals surface area contributed by atoms with E-state index in [1.807, 2.05) is 0 Å². The minimum absolute atomic E-state index is 0.0958. The molecule has 368 valence electrons. The number of hydrogen-bond acceptors (Lipinski definition) is 8. The Labute approximate surface area is 386 Å². The molecule has 0 spiro atoms. The third-order valence-corrected chi connectivity index (χ3v) is 9.00. The molecule has 25 heteroatoms. The fourth-order valence-corrected chi connectivity index (χ4v) is 5.85. The Bertz CT molecular complexity index is 2680. The summed E-state index contributed by atoms with van der Waals surface area (Å²) in [6, 6.07) is 25.0. The minimum Gasteiger partial charge on any atom is -0.508 e.